The van der Waals surface area contributed by atoms with Gasteiger partial charge in [-0.1, -0.05) is 55.8 Å². The molecule has 0 aromatic heterocycles. The van der Waals surface area contributed by atoms with Crippen LogP contribution in [0.1, 0.15) is 46.1 Å². The zero-order valence-electron chi connectivity index (χ0n) is 19.1. The minimum absolute atomic E-state index is 0.0544. The number of para-hydroxylation sites is 1. The van der Waals surface area contributed by atoms with Crippen molar-refractivity contribution in [3.63, 3.8) is 0 Å². The van der Waals surface area contributed by atoms with Crippen LogP contribution in [0.25, 0.3) is 0 Å². The van der Waals surface area contributed by atoms with E-state index >= 15 is 0 Å². The highest BCUT2D eigenvalue weighted by molar-refractivity contribution is 6.30. The van der Waals surface area contributed by atoms with Crippen molar-refractivity contribution in [3.05, 3.63) is 65.2 Å². The summed E-state index contributed by atoms with van der Waals surface area (Å²) in [5.74, 6) is -0.0544. The zero-order valence-corrected chi connectivity index (χ0v) is 19.9. The largest absolute Gasteiger partial charge is 0.384 e. The number of nitrogens with zero attached hydrogens (tertiary/aromatic N) is 1. The Labute approximate surface area is 195 Å². The van der Waals surface area contributed by atoms with Crippen LogP contribution in [0.5, 0.6) is 0 Å². The molecule has 1 atom stereocenters. The van der Waals surface area contributed by atoms with Crippen molar-refractivity contribution >= 4 is 29.2 Å². The molecule has 2 aromatic rings. The molecule has 32 heavy (non-hydrogen) atoms. The summed E-state index contributed by atoms with van der Waals surface area (Å²) in [6.07, 6.45) is 0.584. The molecule has 2 aromatic carbocycles. The van der Waals surface area contributed by atoms with E-state index in [4.69, 9.17) is 11.6 Å². The normalized spacial score (nSPS) is 20.5. The second-order valence-corrected chi connectivity index (χ2v) is 10.3. The number of hydrogen-bond acceptors (Lipinski definition) is 3. The van der Waals surface area contributed by atoms with Gasteiger partial charge in [0.25, 0.3) is 0 Å². The highest BCUT2D eigenvalue weighted by atomic mass is 35.5. The average Bonchev–Trinajstić information content (AvgIpc) is 2.70. The number of anilines is 1. The molecule has 3 N–H and O–H groups in total. The molecule has 0 bridgehead atoms. The summed E-state index contributed by atoms with van der Waals surface area (Å²) in [5, 5.41) is 17.8. The van der Waals surface area contributed by atoms with E-state index in [1.165, 1.54) is 0 Å². The van der Waals surface area contributed by atoms with E-state index in [1.54, 1.807) is 29.2 Å². The molecule has 0 saturated carbocycles. The number of urea groups is 1. The van der Waals surface area contributed by atoms with Gasteiger partial charge in [-0.3, -0.25) is 4.79 Å². The fraction of sp³-hybridized carbons (Fsp3) is 0.440. The molecule has 7 heteroatoms. The molecule has 172 valence electrons. The van der Waals surface area contributed by atoms with Crippen LogP contribution in [0.2, 0.25) is 5.02 Å². The average molecular weight is 458 g/mol. The van der Waals surface area contributed by atoms with E-state index in [1.807, 2.05) is 58.0 Å². The first-order chi connectivity index (χ1) is 14.9. The third kappa shape index (κ3) is 5.43. The summed E-state index contributed by atoms with van der Waals surface area (Å²) in [6.45, 7) is 8.45. The highest BCUT2D eigenvalue weighted by Gasteiger charge is 2.49. The van der Waals surface area contributed by atoms with Gasteiger partial charge in [0.2, 0.25) is 5.91 Å². The molecular formula is C25H32ClN3O3. The molecule has 1 fully saturated rings. The lowest BCUT2D eigenvalue weighted by Crippen LogP contribution is -2.58. The van der Waals surface area contributed by atoms with E-state index in [0.717, 1.165) is 5.56 Å². The van der Waals surface area contributed by atoms with Crippen LogP contribution in [0.4, 0.5) is 10.5 Å². The predicted molar refractivity (Wildman–Crippen MR) is 128 cm³/mol. The Hall–Kier alpha value is -2.57. The Morgan fingerprint density at radius 1 is 1.09 bits per heavy atom. The van der Waals surface area contributed by atoms with Gasteiger partial charge in [-0.15, -0.1) is 0 Å². The number of aliphatic hydroxyl groups is 1. The van der Waals surface area contributed by atoms with Gasteiger partial charge >= 0.3 is 6.03 Å². The van der Waals surface area contributed by atoms with Crippen molar-refractivity contribution in [1.29, 1.82) is 0 Å². The molecule has 0 radical (unpaired) electrons. The predicted octanol–water partition coefficient (Wildman–Crippen LogP) is 4.78. The number of likely N-dealkylation sites (tertiary alicyclic amines) is 1. The molecular weight excluding hydrogens is 426 g/mol. The fourth-order valence-electron chi connectivity index (χ4n) is 4.32. The SMILES string of the molecule is CC(C)(CC(=O)N1CCC(O)(c2ccc(Cl)cc2)C(C)(C)C1)NC(=O)Nc1ccccc1. The van der Waals surface area contributed by atoms with Gasteiger partial charge in [0.05, 0.1) is 5.60 Å². The van der Waals surface area contributed by atoms with Crippen molar-refractivity contribution in [2.24, 2.45) is 5.41 Å². The highest BCUT2D eigenvalue weighted by Crippen LogP contribution is 2.46. The quantitative estimate of drug-likeness (QED) is 0.604. The minimum atomic E-state index is -1.06. The van der Waals surface area contributed by atoms with Gasteiger partial charge in [-0.05, 0) is 50.1 Å². The molecule has 1 unspecified atom stereocenters. The second kappa shape index (κ2) is 9.12. The molecule has 1 saturated heterocycles. The van der Waals surface area contributed by atoms with Crippen molar-refractivity contribution in [2.45, 2.75) is 51.7 Å². The molecule has 1 aliphatic rings. The lowest BCUT2D eigenvalue weighted by atomic mass is 9.66. The van der Waals surface area contributed by atoms with Crippen LogP contribution >= 0.6 is 11.6 Å². The summed E-state index contributed by atoms with van der Waals surface area (Å²) in [4.78, 5) is 27.2. The summed E-state index contributed by atoms with van der Waals surface area (Å²) in [7, 11) is 0. The first-order valence-electron chi connectivity index (χ1n) is 10.8. The van der Waals surface area contributed by atoms with Crippen LogP contribution in [-0.2, 0) is 10.4 Å². The zero-order chi connectivity index (χ0) is 23.6. The molecule has 1 aliphatic heterocycles. The van der Waals surface area contributed by atoms with Gasteiger partial charge in [-0.25, -0.2) is 4.79 Å². The van der Waals surface area contributed by atoms with Crippen LogP contribution in [0.15, 0.2) is 54.6 Å². The summed E-state index contributed by atoms with van der Waals surface area (Å²) in [6, 6.07) is 16.0. The van der Waals surface area contributed by atoms with E-state index in [2.05, 4.69) is 10.6 Å². The second-order valence-electron chi connectivity index (χ2n) is 9.82. The number of carbonyl (C=O) groups is 2. The number of hydrogen-bond donors (Lipinski definition) is 3. The molecule has 0 aliphatic carbocycles. The van der Waals surface area contributed by atoms with Gasteiger partial charge in [0.1, 0.15) is 0 Å². The Bertz CT molecular complexity index is 960. The Balaban J connectivity index is 1.62. The maximum Gasteiger partial charge on any atom is 0.319 e. The third-order valence-electron chi connectivity index (χ3n) is 6.20. The Morgan fingerprint density at radius 3 is 2.31 bits per heavy atom. The van der Waals surface area contributed by atoms with Crippen molar-refractivity contribution < 1.29 is 14.7 Å². The lowest BCUT2D eigenvalue weighted by molar-refractivity contribution is -0.154. The topological polar surface area (TPSA) is 81.7 Å². The maximum atomic E-state index is 13.1. The smallest absolute Gasteiger partial charge is 0.319 e. The van der Waals surface area contributed by atoms with Crippen LogP contribution < -0.4 is 10.6 Å². The van der Waals surface area contributed by atoms with Gasteiger partial charge in [0.15, 0.2) is 0 Å². The molecule has 6 nitrogen and oxygen atoms in total. The number of carbonyl (C=O) groups excluding carboxylic acids is 2. The number of piperidine rings is 1. The van der Waals surface area contributed by atoms with E-state index in [0.29, 0.717) is 30.2 Å². The standard InChI is InChI=1S/C25H32ClN3O3/c1-23(2)17-29(15-14-25(23,32)18-10-12-19(26)13-11-18)21(30)16-24(3,4)28-22(31)27-20-8-6-5-7-9-20/h5-13,32H,14-17H2,1-4H3,(H2,27,28,31). The maximum absolute atomic E-state index is 13.1. The first-order valence-corrected chi connectivity index (χ1v) is 11.2. The van der Waals surface area contributed by atoms with Crippen LogP contribution in [-0.4, -0.2) is 40.6 Å². The number of nitrogens with one attached hydrogen (secondary N) is 2. The molecule has 3 rings (SSSR count). The first kappa shape index (κ1) is 24.1. The number of rotatable bonds is 5. The molecule has 0 spiro atoms. The van der Waals surface area contributed by atoms with Crippen molar-refractivity contribution in [2.75, 3.05) is 18.4 Å². The Kier molecular flexibility index (Phi) is 6.86. The van der Waals surface area contributed by atoms with Crippen molar-refractivity contribution in [3.8, 4) is 0 Å². The summed E-state index contributed by atoms with van der Waals surface area (Å²) >= 11 is 6.01. The van der Waals surface area contributed by atoms with E-state index in [-0.39, 0.29) is 18.4 Å². The van der Waals surface area contributed by atoms with Gasteiger partial charge in [-0.2, -0.15) is 0 Å². The van der Waals surface area contributed by atoms with Gasteiger partial charge < -0.3 is 20.6 Å². The third-order valence-corrected chi connectivity index (χ3v) is 6.45. The monoisotopic (exact) mass is 457 g/mol. The van der Waals surface area contributed by atoms with Crippen LogP contribution in [0.3, 0.4) is 0 Å². The number of amides is 3. The van der Waals surface area contributed by atoms with Crippen molar-refractivity contribution in [1.82, 2.24) is 10.2 Å². The van der Waals surface area contributed by atoms with Crippen LogP contribution in [0, 0.1) is 5.41 Å². The Morgan fingerprint density at radius 2 is 1.72 bits per heavy atom. The van der Waals surface area contributed by atoms with E-state index in [9.17, 15) is 14.7 Å². The fourth-order valence-corrected chi connectivity index (χ4v) is 4.45. The minimum Gasteiger partial charge on any atom is -0.384 e. The lowest BCUT2D eigenvalue weighted by Gasteiger charge is -2.51. The van der Waals surface area contributed by atoms with E-state index < -0.39 is 16.6 Å². The summed E-state index contributed by atoms with van der Waals surface area (Å²) < 4.78 is 0. The molecule has 1 heterocycles. The number of halogens is 1. The number of benzene rings is 2. The molecule has 3 amide bonds. The summed E-state index contributed by atoms with van der Waals surface area (Å²) in [5.41, 5.74) is -0.858. The van der Waals surface area contributed by atoms with Gasteiger partial charge in [0, 0.05) is 41.2 Å².